The molecule has 2 aromatic carbocycles. The highest BCUT2D eigenvalue weighted by atomic mass is 35.5. The predicted octanol–water partition coefficient (Wildman–Crippen LogP) is 4.22. The molecule has 0 saturated carbocycles. The third kappa shape index (κ3) is 6.01. The average Bonchev–Trinajstić information content (AvgIpc) is 3.40. The summed E-state index contributed by atoms with van der Waals surface area (Å²) in [6, 6.07) is 8.38. The number of carbonyl (C=O) groups excluding carboxylic acids is 1. The van der Waals surface area contributed by atoms with Crippen LogP contribution in [0.4, 0.5) is 5.69 Å². The van der Waals surface area contributed by atoms with E-state index in [0.29, 0.717) is 58.5 Å². The molecule has 1 unspecified atom stereocenters. The van der Waals surface area contributed by atoms with Crippen LogP contribution >= 0.6 is 11.8 Å². The highest BCUT2D eigenvalue weighted by Crippen LogP contribution is 2.43. The van der Waals surface area contributed by atoms with Crippen molar-refractivity contribution >= 4 is 23.4 Å². The molecule has 0 aliphatic rings. The van der Waals surface area contributed by atoms with Crippen molar-refractivity contribution < 1.29 is 28.3 Å². The highest BCUT2D eigenvalue weighted by molar-refractivity contribution is 6.15. The number of rotatable bonds is 13. The summed E-state index contributed by atoms with van der Waals surface area (Å²) < 4.78 is 27.1. The molecule has 194 valence electrons. The molecule has 0 spiro atoms. The molecule has 3 rings (SSSR count). The van der Waals surface area contributed by atoms with E-state index in [9.17, 15) is 4.79 Å². The van der Waals surface area contributed by atoms with Crippen molar-refractivity contribution in [3.8, 4) is 45.4 Å². The summed E-state index contributed by atoms with van der Waals surface area (Å²) in [5, 5.41) is 7.11. The third-order valence-corrected chi connectivity index (χ3v) is 5.93. The monoisotopic (exact) mass is 518 g/mol. The van der Waals surface area contributed by atoms with Gasteiger partial charge in [0.2, 0.25) is 11.7 Å². The SMILES string of the molecule is COc1ccc(-c2conc2-c2cc(OC)c(OC)c(OC)c2)cc1NC(=O)C(CCCCN)NCl. The minimum Gasteiger partial charge on any atom is -0.495 e. The molecule has 0 saturated heterocycles. The van der Waals surface area contributed by atoms with Crippen LogP contribution < -0.4 is 34.8 Å². The van der Waals surface area contributed by atoms with Crippen molar-refractivity contribution in [3.63, 3.8) is 0 Å². The summed E-state index contributed by atoms with van der Waals surface area (Å²) in [6.07, 6.45) is 3.65. The van der Waals surface area contributed by atoms with Gasteiger partial charge in [0.05, 0.1) is 34.1 Å². The maximum atomic E-state index is 12.9. The summed E-state index contributed by atoms with van der Waals surface area (Å²) in [5.41, 5.74) is 8.72. The van der Waals surface area contributed by atoms with Gasteiger partial charge in [-0.15, -0.1) is 0 Å². The standard InChI is InChI=1S/C25H31ClN4O6/c1-32-20-9-8-15(11-19(20)28-25(31)18(29-26)7-5-6-10-27)17-14-36-30-23(17)16-12-21(33-2)24(35-4)22(13-16)34-3/h8-9,11-14,18,29H,5-7,10,27H2,1-4H3,(H,28,31). The summed E-state index contributed by atoms with van der Waals surface area (Å²) in [6.45, 7) is 0.555. The summed E-state index contributed by atoms with van der Waals surface area (Å²) in [5.74, 6) is 1.65. The first-order valence-corrected chi connectivity index (χ1v) is 11.7. The van der Waals surface area contributed by atoms with E-state index in [-0.39, 0.29) is 5.91 Å². The van der Waals surface area contributed by atoms with Crippen LogP contribution in [-0.2, 0) is 4.79 Å². The summed E-state index contributed by atoms with van der Waals surface area (Å²) in [7, 11) is 6.16. The van der Waals surface area contributed by atoms with Gasteiger partial charge in [-0.05, 0) is 61.0 Å². The van der Waals surface area contributed by atoms with E-state index in [1.54, 1.807) is 38.5 Å². The Labute approximate surface area is 215 Å². The van der Waals surface area contributed by atoms with Crippen LogP contribution in [0, 0.1) is 0 Å². The molecule has 10 nitrogen and oxygen atoms in total. The lowest BCUT2D eigenvalue weighted by atomic mass is 10.00. The van der Waals surface area contributed by atoms with Crippen molar-refractivity contribution in [1.82, 2.24) is 9.99 Å². The van der Waals surface area contributed by atoms with Crippen molar-refractivity contribution in [3.05, 3.63) is 36.6 Å². The number of methoxy groups -OCH3 is 4. The first kappa shape index (κ1) is 27.1. The van der Waals surface area contributed by atoms with E-state index in [2.05, 4.69) is 15.3 Å². The zero-order valence-corrected chi connectivity index (χ0v) is 21.5. The Kier molecular flexibility index (Phi) is 9.80. The van der Waals surface area contributed by atoms with E-state index < -0.39 is 6.04 Å². The second kappa shape index (κ2) is 13.0. The van der Waals surface area contributed by atoms with Crippen molar-refractivity contribution in [2.75, 3.05) is 40.3 Å². The number of hydrogen-bond acceptors (Lipinski definition) is 9. The molecule has 3 aromatic rings. The van der Waals surface area contributed by atoms with Crippen LogP contribution in [0.2, 0.25) is 0 Å². The van der Waals surface area contributed by atoms with E-state index in [1.165, 1.54) is 20.5 Å². The minimum atomic E-state index is -0.586. The summed E-state index contributed by atoms with van der Waals surface area (Å²) >= 11 is 5.83. The van der Waals surface area contributed by atoms with Gasteiger partial charge in [0, 0.05) is 11.1 Å². The maximum absolute atomic E-state index is 12.9. The fourth-order valence-corrected chi connectivity index (χ4v) is 4.00. The number of aromatic nitrogens is 1. The smallest absolute Gasteiger partial charge is 0.242 e. The van der Waals surface area contributed by atoms with Crippen molar-refractivity contribution in [2.45, 2.75) is 25.3 Å². The number of unbranched alkanes of at least 4 members (excludes halogenated alkanes) is 1. The van der Waals surface area contributed by atoms with Crippen LogP contribution in [0.5, 0.6) is 23.0 Å². The Hall–Kier alpha value is -3.47. The van der Waals surface area contributed by atoms with Crippen molar-refractivity contribution in [2.24, 2.45) is 5.73 Å². The van der Waals surface area contributed by atoms with E-state index >= 15 is 0 Å². The number of nitrogens with two attached hydrogens (primary N) is 1. The Morgan fingerprint density at radius 3 is 2.28 bits per heavy atom. The normalized spacial score (nSPS) is 11.6. The lowest BCUT2D eigenvalue weighted by molar-refractivity contribution is -0.117. The number of amides is 1. The van der Waals surface area contributed by atoms with E-state index in [0.717, 1.165) is 18.4 Å². The molecule has 0 fully saturated rings. The molecule has 0 aliphatic heterocycles. The third-order valence-electron chi connectivity index (χ3n) is 5.67. The predicted molar refractivity (Wildman–Crippen MR) is 138 cm³/mol. The van der Waals surface area contributed by atoms with Gasteiger partial charge < -0.3 is 34.5 Å². The Balaban J connectivity index is 1.97. The molecule has 1 aromatic heterocycles. The molecule has 11 heteroatoms. The molecular weight excluding hydrogens is 488 g/mol. The number of nitrogens with zero attached hydrogens (tertiary/aromatic N) is 1. The number of ether oxygens (including phenoxy) is 4. The lowest BCUT2D eigenvalue weighted by Gasteiger charge is -2.17. The van der Waals surface area contributed by atoms with Crippen LogP contribution in [0.25, 0.3) is 22.4 Å². The van der Waals surface area contributed by atoms with E-state index in [4.69, 9.17) is 41.0 Å². The number of nitrogens with one attached hydrogen (secondary N) is 2. The van der Waals surface area contributed by atoms with Crippen molar-refractivity contribution in [1.29, 1.82) is 0 Å². The Morgan fingerprint density at radius 1 is 1.00 bits per heavy atom. The fraction of sp³-hybridized carbons (Fsp3) is 0.360. The average molecular weight is 519 g/mol. The first-order valence-electron chi connectivity index (χ1n) is 11.3. The molecule has 1 atom stereocenters. The Morgan fingerprint density at radius 2 is 1.69 bits per heavy atom. The zero-order valence-electron chi connectivity index (χ0n) is 20.7. The van der Waals surface area contributed by atoms with Gasteiger partial charge in [0.1, 0.15) is 23.7 Å². The van der Waals surface area contributed by atoms with Gasteiger partial charge in [-0.1, -0.05) is 17.6 Å². The second-order valence-electron chi connectivity index (χ2n) is 7.84. The van der Waals surface area contributed by atoms with Gasteiger partial charge in [-0.3, -0.25) is 4.79 Å². The van der Waals surface area contributed by atoms with Gasteiger partial charge in [-0.25, -0.2) is 4.84 Å². The van der Waals surface area contributed by atoms with Gasteiger partial charge in [0.15, 0.2) is 11.5 Å². The molecule has 36 heavy (non-hydrogen) atoms. The molecule has 0 radical (unpaired) electrons. The maximum Gasteiger partial charge on any atom is 0.242 e. The number of benzene rings is 2. The van der Waals surface area contributed by atoms with Crippen LogP contribution in [0.1, 0.15) is 19.3 Å². The Bertz CT molecular complexity index is 1140. The van der Waals surface area contributed by atoms with Crippen LogP contribution in [-0.4, -0.2) is 52.1 Å². The zero-order chi connectivity index (χ0) is 26.1. The molecular formula is C25H31ClN4O6. The topological polar surface area (TPSA) is 130 Å². The molecule has 1 amide bonds. The molecule has 0 aliphatic carbocycles. The summed E-state index contributed by atoms with van der Waals surface area (Å²) in [4.78, 5) is 15.4. The second-order valence-corrected chi connectivity index (χ2v) is 8.06. The van der Waals surface area contributed by atoms with Crippen LogP contribution in [0.15, 0.2) is 41.1 Å². The first-order chi connectivity index (χ1) is 17.5. The number of anilines is 1. The van der Waals surface area contributed by atoms with Gasteiger partial charge in [-0.2, -0.15) is 0 Å². The number of hydrogen-bond donors (Lipinski definition) is 3. The largest absolute Gasteiger partial charge is 0.495 e. The molecule has 4 N–H and O–H groups in total. The lowest BCUT2D eigenvalue weighted by Crippen LogP contribution is -2.36. The van der Waals surface area contributed by atoms with Gasteiger partial charge in [0.25, 0.3) is 0 Å². The van der Waals surface area contributed by atoms with E-state index in [1.807, 2.05) is 6.07 Å². The molecule has 0 bridgehead atoms. The number of carbonyl (C=O) groups is 1. The number of halogens is 1. The molecule has 1 heterocycles. The van der Waals surface area contributed by atoms with Gasteiger partial charge >= 0.3 is 0 Å². The highest BCUT2D eigenvalue weighted by Gasteiger charge is 2.22. The van der Waals surface area contributed by atoms with Crippen LogP contribution in [0.3, 0.4) is 0 Å². The quantitative estimate of drug-likeness (QED) is 0.225. The minimum absolute atomic E-state index is 0.285. The fourth-order valence-electron chi connectivity index (χ4n) is 3.79.